The minimum absolute atomic E-state index is 0.431. The third-order valence-corrected chi connectivity index (χ3v) is 7.57. The van der Waals surface area contributed by atoms with Gasteiger partial charge in [-0.2, -0.15) is 0 Å². The summed E-state index contributed by atoms with van der Waals surface area (Å²) >= 11 is 0. The second kappa shape index (κ2) is 16.2. The summed E-state index contributed by atoms with van der Waals surface area (Å²) in [7, 11) is 0. The molecule has 2 bridgehead atoms. The lowest BCUT2D eigenvalue weighted by Crippen LogP contribution is -2.17. The van der Waals surface area contributed by atoms with Crippen molar-refractivity contribution in [2.45, 2.75) is 146 Å². The molecule has 0 heterocycles. The molecular formula is C35H58. The molecule has 0 amide bonds. The van der Waals surface area contributed by atoms with Crippen molar-refractivity contribution in [2.75, 3.05) is 0 Å². The van der Waals surface area contributed by atoms with Crippen LogP contribution in [0.1, 0.15) is 141 Å². The zero-order valence-corrected chi connectivity index (χ0v) is 25.3. The van der Waals surface area contributed by atoms with Crippen LogP contribution in [-0.4, -0.2) is 0 Å². The molecule has 3 aliphatic rings. The van der Waals surface area contributed by atoms with E-state index in [0.717, 1.165) is 0 Å². The van der Waals surface area contributed by atoms with Crippen molar-refractivity contribution in [3.05, 3.63) is 57.6 Å². The van der Waals surface area contributed by atoms with Crippen LogP contribution >= 0.6 is 0 Å². The van der Waals surface area contributed by atoms with Gasteiger partial charge in [0.2, 0.25) is 0 Å². The molecule has 0 N–H and O–H groups in total. The quantitative estimate of drug-likeness (QED) is 0.353. The van der Waals surface area contributed by atoms with Crippen LogP contribution in [0.2, 0.25) is 0 Å². The summed E-state index contributed by atoms with van der Waals surface area (Å²) in [6.07, 6.45) is 15.8. The van der Waals surface area contributed by atoms with Crippen LogP contribution in [-0.2, 0) is 38.5 Å². The van der Waals surface area contributed by atoms with Gasteiger partial charge in [0.15, 0.2) is 0 Å². The van der Waals surface area contributed by atoms with E-state index >= 15 is 0 Å². The van der Waals surface area contributed by atoms with E-state index in [4.69, 9.17) is 0 Å². The van der Waals surface area contributed by atoms with E-state index in [2.05, 4.69) is 38.1 Å². The topological polar surface area (TPSA) is 0 Å². The third-order valence-electron chi connectivity index (χ3n) is 7.57. The van der Waals surface area contributed by atoms with Crippen LogP contribution in [0.3, 0.4) is 0 Å². The van der Waals surface area contributed by atoms with E-state index in [-0.39, 0.29) is 0 Å². The van der Waals surface area contributed by atoms with Crippen molar-refractivity contribution in [3.63, 3.8) is 0 Å². The van der Waals surface area contributed by atoms with Crippen LogP contribution in [0.4, 0.5) is 0 Å². The van der Waals surface area contributed by atoms with Crippen molar-refractivity contribution in [1.29, 1.82) is 0 Å². The highest BCUT2D eigenvalue weighted by molar-refractivity contribution is 5.77. The molecular weight excluding hydrogens is 420 g/mol. The first kappa shape index (κ1) is 31.5. The fraction of sp³-hybridized carbons (Fsp3) is 0.657. The molecule has 0 heteroatoms. The largest absolute Gasteiger partial charge is 0.0683 e. The van der Waals surface area contributed by atoms with Crippen molar-refractivity contribution in [1.82, 2.24) is 0 Å². The van der Waals surface area contributed by atoms with Crippen LogP contribution < -0.4 is 0 Å². The molecule has 35 heavy (non-hydrogen) atoms. The first-order valence-electron chi connectivity index (χ1n) is 15.4. The van der Waals surface area contributed by atoms with Crippen molar-refractivity contribution >= 4 is 0 Å². The number of hydrogen-bond donors (Lipinski definition) is 0. The Bertz CT molecular complexity index is 868. The molecule has 0 aromatic heterocycles. The van der Waals surface area contributed by atoms with E-state index < -0.39 is 0 Å². The molecule has 0 spiro atoms. The lowest BCUT2D eigenvalue weighted by Gasteiger charge is -2.31. The summed E-state index contributed by atoms with van der Waals surface area (Å²) in [6.45, 7) is 21.0. The Morgan fingerprint density at radius 2 is 1.03 bits per heavy atom. The molecule has 0 saturated carbocycles. The Balaban J connectivity index is 0.000000699. The number of aryl methyl sites for hydroxylation is 4. The van der Waals surface area contributed by atoms with Gasteiger partial charge in [-0.3, -0.25) is 0 Å². The van der Waals surface area contributed by atoms with E-state index in [1.54, 1.807) is 44.5 Å². The Labute approximate surface area is 220 Å². The van der Waals surface area contributed by atoms with Gasteiger partial charge in [-0.1, -0.05) is 93.5 Å². The van der Waals surface area contributed by atoms with Gasteiger partial charge >= 0.3 is 0 Å². The number of hydrogen-bond acceptors (Lipinski definition) is 0. The van der Waals surface area contributed by atoms with E-state index in [1.807, 2.05) is 55.4 Å². The van der Waals surface area contributed by atoms with Crippen molar-refractivity contribution < 1.29 is 0 Å². The number of fused-ring (bicyclic) bond motifs is 8. The van der Waals surface area contributed by atoms with E-state index in [1.165, 1.54) is 77.0 Å². The maximum atomic E-state index is 2.61. The van der Waals surface area contributed by atoms with Gasteiger partial charge in [0.25, 0.3) is 0 Å². The highest BCUT2D eigenvalue weighted by Gasteiger charge is 2.26. The molecule has 0 aliphatic heterocycles. The smallest absolute Gasteiger partial charge is 0.0114 e. The van der Waals surface area contributed by atoms with Gasteiger partial charge in [-0.05, 0) is 127 Å². The average Bonchev–Trinajstić information content (AvgIpc) is 2.94. The van der Waals surface area contributed by atoms with Crippen LogP contribution in [0.15, 0.2) is 24.3 Å². The van der Waals surface area contributed by atoms with Gasteiger partial charge in [-0.25, -0.2) is 0 Å². The lowest BCUT2D eigenvalue weighted by atomic mass is 9.74. The fourth-order valence-electron chi connectivity index (χ4n) is 5.80. The second-order valence-corrected chi connectivity index (χ2v) is 10.1. The van der Waals surface area contributed by atoms with E-state index in [9.17, 15) is 0 Å². The highest BCUT2D eigenvalue weighted by Crippen LogP contribution is 2.42. The van der Waals surface area contributed by atoms with Gasteiger partial charge in [0.1, 0.15) is 0 Å². The number of benzene rings is 2. The molecule has 198 valence electrons. The van der Waals surface area contributed by atoms with E-state index in [0.29, 0.717) is 5.41 Å². The second-order valence-electron chi connectivity index (χ2n) is 10.1. The van der Waals surface area contributed by atoms with Crippen LogP contribution in [0.5, 0.6) is 0 Å². The Kier molecular flexibility index (Phi) is 14.6. The Hall–Kier alpha value is -1.56. The van der Waals surface area contributed by atoms with Gasteiger partial charge in [-0.15, -0.1) is 0 Å². The monoisotopic (exact) mass is 478 g/mol. The minimum Gasteiger partial charge on any atom is -0.0683 e. The third kappa shape index (κ3) is 7.96. The summed E-state index contributed by atoms with van der Waals surface area (Å²) in [5.41, 5.74) is 13.7. The molecule has 0 nitrogen and oxygen atoms in total. The molecule has 0 fully saturated rings. The maximum Gasteiger partial charge on any atom is -0.0114 e. The summed E-state index contributed by atoms with van der Waals surface area (Å²) in [6, 6.07) is 10.2. The first-order chi connectivity index (χ1) is 17.1. The van der Waals surface area contributed by atoms with Gasteiger partial charge in [0.05, 0.1) is 0 Å². The number of rotatable bonds is 0. The predicted octanol–water partition coefficient (Wildman–Crippen LogP) is 11.1. The molecule has 2 aromatic carbocycles. The molecule has 5 rings (SSSR count). The molecule has 3 aliphatic carbocycles. The fourth-order valence-corrected chi connectivity index (χ4v) is 5.80. The summed E-state index contributed by atoms with van der Waals surface area (Å²) in [5, 5.41) is 0. The molecule has 2 aromatic rings. The minimum atomic E-state index is 0.431. The predicted molar refractivity (Wildman–Crippen MR) is 161 cm³/mol. The highest BCUT2D eigenvalue weighted by atomic mass is 14.3. The lowest BCUT2D eigenvalue weighted by molar-refractivity contribution is 0.308. The molecule has 0 saturated heterocycles. The Morgan fingerprint density at radius 1 is 0.514 bits per heavy atom. The first-order valence-corrected chi connectivity index (χ1v) is 15.4. The van der Waals surface area contributed by atoms with Crippen LogP contribution in [0, 0.1) is 5.41 Å². The zero-order valence-electron chi connectivity index (χ0n) is 25.3. The molecule has 0 atom stereocenters. The normalized spacial score (nSPS) is 16.9. The molecule has 0 unspecified atom stereocenters. The molecule has 0 radical (unpaired) electrons. The summed E-state index contributed by atoms with van der Waals surface area (Å²) in [5.74, 6) is 0. The average molecular weight is 479 g/mol. The van der Waals surface area contributed by atoms with Crippen LogP contribution in [0.25, 0.3) is 11.1 Å². The van der Waals surface area contributed by atoms with Gasteiger partial charge in [0, 0.05) is 0 Å². The Morgan fingerprint density at radius 3 is 1.69 bits per heavy atom. The van der Waals surface area contributed by atoms with Crippen molar-refractivity contribution in [3.8, 4) is 11.1 Å². The summed E-state index contributed by atoms with van der Waals surface area (Å²) < 4.78 is 0. The SMILES string of the molecule is CC.CC.CC.CC.CC1(C)CCc2cc3c(c(c2)-c2c(ccc4c2CCCC4)CC1)CCCC3. The van der Waals surface area contributed by atoms with Gasteiger partial charge < -0.3 is 0 Å². The summed E-state index contributed by atoms with van der Waals surface area (Å²) in [4.78, 5) is 0. The zero-order chi connectivity index (χ0) is 26.4. The maximum absolute atomic E-state index is 2.61. The standard InChI is InChI=1S/C27H34.4C2H6/c1-27(2)15-13-19-17-22-8-4-5-9-23(22)25(18-19)26-21(14-16-27)12-11-20-7-3-6-10-24(20)26;4*1-2/h11-12,17-18H,3-10,13-16H2,1-2H3;4*1-2H3. The van der Waals surface area contributed by atoms with Crippen molar-refractivity contribution in [2.24, 2.45) is 5.41 Å².